The van der Waals surface area contributed by atoms with Crippen LogP contribution in [0.4, 0.5) is 0 Å². The van der Waals surface area contributed by atoms with E-state index in [1.807, 2.05) is 56.5 Å². The molecule has 0 aromatic heterocycles. The second-order valence-corrected chi connectivity index (χ2v) is 9.99. The fourth-order valence-corrected chi connectivity index (χ4v) is 4.03. The van der Waals surface area contributed by atoms with E-state index in [4.69, 9.17) is 18.9 Å². The third-order valence-corrected chi connectivity index (χ3v) is 6.50. The minimum atomic E-state index is -0.917. The second-order valence-electron chi connectivity index (χ2n) is 9.01. The number of cyclic esters (lactones) is 2. The molecular formula is C28H39NO7S. The number of nitrogens with one attached hydrogen (secondary N) is 1. The number of carbonyl (C=O) groups excluding carboxylic acids is 3. The summed E-state index contributed by atoms with van der Waals surface area (Å²) >= 11 is 1.59. The topological polar surface area (TPSA) is 100 Å². The van der Waals surface area contributed by atoms with Crippen molar-refractivity contribution in [1.29, 1.82) is 0 Å². The molecule has 2 rings (SSSR count). The first-order valence-electron chi connectivity index (χ1n) is 12.5. The van der Waals surface area contributed by atoms with Gasteiger partial charge in [0.1, 0.15) is 12.6 Å². The van der Waals surface area contributed by atoms with Crippen molar-refractivity contribution in [2.24, 2.45) is 11.8 Å². The Morgan fingerprint density at radius 2 is 1.73 bits per heavy atom. The summed E-state index contributed by atoms with van der Waals surface area (Å²) in [6.07, 6.45) is 8.13. The fraction of sp³-hybridized carbons (Fsp3) is 0.536. The van der Waals surface area contributed by atoms with E-state index < -0.39 is 30.2 Å². The van der Waals surface area contributed by atoms with Crippen molar-refractivity contribution in [2.75, 3.05) is 32.3 Å². The van der Waals surface area contributed by atoms with Crippen LogP contribution in [0, 0.1) is 11.8 Å². The molecule has 204 valence electrons. The summed E-state index contributed by atoms with van der Waals surface area (Å²) in [6, 6.07) is 8.83. The Hall–Kier alpha value is -2.62. The first-order valence-corrected chi connectivity index (χ1v) is 13.9. The molecule has 0 radical (unpaired) electrons. The van der Waals surface area contributed by atoms with Crippen LogP contribution in [0.5, 0.6) is 0 Å². The van der Waals surface area contributed by atoms with Gasteiger partial charge in [0.15, 0.2) is 6.10 Å². The van der Waals surface area contributed by atoms with Gasteiger partial charge in [0.05, 0.1) is 19.3 Å². The number of thioether (sulfide) groups is 1. The Bertz CT molecular complexity index is 905. The van der Waals surface area contributed by atoms with Gasteiger partial charge in [-0.25, -0.2) is 9.59 Å². The zero-order valence-electron chi connectivity index (χ0n) is 22.1. The molecule has 37 heavy (non-hydrogen) atoms. The van der Waals surface area contributed by atoms with Crippen LogP contribution in [0.15, 0.2) is 54.6 Å². The number of amides is 1. The lowest BCUT2D eigenvalue weighted by atomic mass is 10.0. The molecule has 0 spiro atoms. The van der Waals surface area contributed by atoms with Gasteiger partial charge in [-0.3, -0.25) is 4.79 Å². The lowest BCUT2D eigenvalue weighted by Crippen LogP contribution is -2.43. The van der Waals surface area contributed by atoms with E-state index >= 15 is 0 Å². The SMILES string of the molecule is CO[C@H]1COC(=O)[C@@H](CCSC)NC(=O)C/C=C\[C@@H](C)COC(=O)[C@@H](OCc2ccccc2)/C=C\[C@@H]1C. The molecule has 8 nitrogen and oxygen atoms in total. The molecule has 0 saturated heterocycles. The number of hydrogen-bond acceptors (Lipinski definition) is 8. The number of ether oxygens (including phenoxy) is 4. The van der Waals surface area contributed by atoms with Gasteiger partial charge < -0.3 is 24.3 Å². The van der Waals surface area contributed by atoms with E-state index in [0.717, 1.165) is 5.56 Å². The summed E-state index contributed by atoms with van der Waals surface area (Å²) in [5.41, 5.74) is 0.934. The van der Waals surface area contributed by atoms with Crippen LogP contribution in [-0.4, -0.2) is 68.4 Å². The average molecular weight is 534 g/mol. The highest BCUT2D eigenvalue weighted by Crippen LogP contribution is 2.14. The van der Waals surface area contributed by atoms with Crippen LogP contribution in [0.2, 0.25) is 0 Å². The lowest BCUT2D eigenvalue weighted by molar-refractivity contribution is -0.155. The lowest BCUT2D eigenvalue weighted by Gasteiger charge is -2.23. The Balaban J connectivity index is 2.20. The Morgan fingerprint density at radius 3 is 2.43 bits per heavy atom. The van der Waals surface area contributed by atoms with Crippen molar-refractivity contribution in [3.63, 3.8) is 0 Å². The second kappa shape index (κ2) is 17.0. The zero-order chi connectivity index (χ0) is 27.0. The summed E-state index contributed by atoms with van der Waals surface area (Å²) in [7, 11) is 1.53. The van der Waals surface area contributed by atoms with Gasteiger partial charge in [-0.2, -0.15) is 11.8 Å². The number of hydrogen-bond donors (Lipinski definition) is 1. The zero-order valence-corrected chi connectivity index (χ0v) is 22.9. The molecule has 1 aromatic rings. The van der Waals surface area contributed by atoms with Crippen molar-refractivity contribution in [3.8, 4) is 0 Å². The molecule has 1 aliphatic heterocycles. The highest BCUT2D eigenvalue weighted by Gasteiger charge is 2.25. The van der Waals surface area contributed by atoms with Crippen LogP contribution < -0.4 is 5.32 Å². The van der Waals surface area contributed by atoms with Crippen LogP contribution in [0.1, 0.15) is 32.3 Å². The minimum Gasteiger partial charge on any atom is -0.463 e. The molecule has 5 atom stereocenters. The number of esters is 2. The molecule has 1 aliphatic rings. The van der Waals surface area contributed by atoms with E-state index in [0.29, 0.717) is 12.2 Å². The van der Waals surface area contributed by atoms with Gasteiger partial charge in [-0.1, -0.05) is 62.4 Å². The molecule has 0 aliphatic carbocycles. The molecule has 0 fully saturated rings. The highest BCUT2D eigenvalue weighted by molar-refractivity contribution is 7.98. The van der Waals surface area contributed by atoms with Crippen LogP contribution in [-0.2, 0) is 39.9 Å². The van der Waals surface area contributed by atoms with Gasteiger partial charge in [0.2, 0.25) is 5.91 Å². The van der Waals surface area contributed by atoms with Crippen LogP contribution in [0.3, 0.4) is 0 Å². The van der Waals surface area contributed by atoms with Crippen molar-refractivity contribution >= 4 is 29.6 Å². The van der Waals surface area contributed by atoms with Gasteiger partial charge in [0, 0.05) is 25.4 Å². The minimum absolute atomic E-state index is 0.00385. The first kappa shape index (κ1) is 30.6. The Labute approximate surface area is 224 Å². The number of benzene rings is 1. The Morgan fingerprint density at radius 1 is 1.00 bits per heavy atom. The molecule has 1 heterocycles. The molecule has 1 amide bonds. The number of carbonyl (C=O) groups is 3. The molecule has 1 N–H and O–H groups in total. The average Bonchev–Trinajstić information content (AvgIpc) is 2.89. The third-order valence-electron chi connectivity index (χ3n) is 5.86. The van der Waals surface area contributed by atoms with Crippen LogP contribution >= 0.6 is 11.8 Å². The van der Waals surface area contributed by atoms with Crippen molar-refractivity contribution in [3.05, 3.63) is 60.2 Å². The third kappa shape index (κ3) is 11.5. The first-order chi connectivity index (χ1) is 17.8. The van der Waals surface area contributed by atoms with Gasteiger partial charge in [-0.15, -0.1) is 0 Å². The molecule has 0 saturated carbocycles. The quantitative estimate of drug-likeness (QED) is 0.418. The monoisotopic (exact) mass is 533 g/mol. The standard InChI is InChI=1S/C28H39NO7S/c1-20-9-8-12-26(30)29-23(15-16-37-4)27(31)36-19-25(33-3)21(2)13-14-24(28(32)35-17-20)34-18-22-10-6-5-7-11-22/h5-11,13-14,20-21,23-25H,12,15-19H2,1-4H3,(H,29,30)/b9-8-,14-13-/t20-,21+,23-,24+,25+/m1/s1. The van der Waals surface area contributed by atoms with Crippen molar-refractivity contribution < 1.29 is 33.3 Å². The summed E-state index contributed by atoms with van der Waals surface area (Å²) in [5, 5.41) is 2.77. The largest absolute Gasteiger partial charge is 0.463 e. The molecular weight excluding hydrogens is 494 g/mol. The molecule has 1 aromatic carbocycles. The predicted octanol–water partition coefficient (Wildman–Crippen LogP) is 3.70. The molecule has 0 unspecified atom stereocenters. The van der Waals surface area contributed by atoms with E-state index in [1.54, 1.807) is 30.0 Å². The van der Waals surface area contributed by atoms with E-state index in [2.05, 4.69) is 5.32 Å². The number of methoxy groups -OCH3 is 1. The predicted molar refractivity (Wildman–Crippen MR) is 144 cm³/mol. The van der Waals surface area contributed by atoms with Crippen LogP contribution in [0.25, 0.3) is 0 Å². The highest BCUT2D eigenvalue weighted by atomic mass is 32.2. The van der Waals surface area contributed by atoms with E-state index in [-0.39, 0.29) is 44.0 Å². The van der Waals surface area contributed by atoms with Crippen molar-refractivity contribution in [1.82, 2.24) is 5.32 Å². The summed E-state index contributed by atoms with van der Waals surface area (Å²) in [6.45, 7) is 4.18. The van der Waals surface area contributed by atoms with Gasteiger partial charge in [0.25, 0.3) is 0 Å². The summed E-state index contributed by atoms with van der Waals surface area (Å²) < 4.78 is 22.5. The maximum Gasteiger partial charge on any atom is 0.339 e. The molecule has 9 heteroatoms. The normalized spacial score (nSPS) is 28.2. The summed E-state index contributed by atoms with van der Waals surface area (Å²) in [5.74, 6) is -0.882. The summed E-state index contributed by atoms with van der Waals surface area (Å²) in [4.78, 5) is 38.1. The maximum atomic E-state index is 12.9. The van der Waals surface area contributed by atoms with Gasteiger partial charge in [-0.05, 0) is 30.1 Å². The smallest absolute Gasteiger partial charge is 0.339 e. The van der Waals surface area contributed by atoms with Crippen molar-refractivity contribution in [2.45, 2.75) is 51.5 Å². The van der Waals surface area contributed by atoms with E-state index in [9.17, 15) is 14.4 Å². The Kier molecular flexibility index (Phi) is 14.1. The number of rotatable bonds is 7. The molecule has 0 bridgehead atoms. The van der Waals surface area contributed by atoms with Gasteiger partial charge >= 0.3 is 11.9 Å². The van der Waals surface area contributed by atoms with E-state index in [1.165, 1.54) is 7.11 Å². The maximum absolute atomic E-state index is 12.9. The fourth-order valence-electron chi connectivity index (χ4n) is 3.56.